The van der Waals surface area contributed by atoms with Crippen molar-refractivity contribution in [1.29, 1.82) is 0 Å². The van der Waals surface area contributed by atoms with Crippen LogP contribution in [0.4, 0.5) is 5.69 Å². The van der Waals surface area contributed by atoms with Crippen molar-refractivity contribution < 1.29 is 14.3 Å². The molecule has 0 heterocycles. The summed E-state index contributed by atoms with van der Waals surface area (Å²) in [5.74, 6) is -1.13. The standard InChI is InChI=1S/C11H11ClN4O3/c1-6(11(18)19-2)14-10(17)8-4-3-7(12)5-9(8)15-16-13/h3-6H,1-2H3,(H,14,17). The van der Waals surface area contributed by atoms with Crippen LogP contribution in [0.15, 0.2) is 23.3 Å². The minimum atomic E-state index is -0.813. The van der Waals surface area contributed by atoms with Crippen molar-refractivity contribution in [3.05, 3.63) is 39.2 Å². The molecule has 1 aromatic carbocycles. The van der Waals surface area contributed by atoms with Crippen LogP contribution in [0.3, 0.4) is 0 Å². The molecule has 0 aromatic heterocycles. The van der Waals surface area contributed by atoms with Gasteiger partial charge in [0.25, 0.3) is 5.91 Å². The summed E-state index contributed by atoms with van der Waals surface area (Å²) in [6.45, 7) is 1.48. The van der Waals surface area contributed by atoms with Crippen LogP contribution in [-0.2, 0) is 9.53 Å². The predicted octanol–water partition coefficient (Wildman–Crippen LogP) is 2.57. The quantitative estimate of drug-likeness (QED) is 0.397. The number of hydrogen-bond donors (Lipinski definition) is 1. The minimum Gasteiger partial charge on any atom is -0.467 e. The molecular formula is C11H11ClN4O3. The molecule has 1 rings (SSSR count). The Bertz CT molecular complexity index is 555. The maximum Gasteiger partial charge on any atom is 0.328 e. The SMILES string of the molecule is COC(=O)C(C)NC(=O)c1ccc(Cl)cc1N=[N+]=[N-]. The van der Waals surface area contributed by atoms with E-state index in [1.165, 1.54) is 32.2 Å². The van der Waals surface area contributed by atoms with Crippen molar-refractivity contribution in [3.63, 3.8) is 0 Å². The van der Waals surface area contributed by atoms with Gasteiger partial charge in [-0.25, -0.2) is 4.79 Å². The number of esters is 1. The molecule has 0 radical (unpaired) electrons. The average Bonchev–Trinajstić information content (AvgIpc) is 2.38. The topological polar surface area (TPSA) is 104 Å². The monoisotopic (exact) mass is 282 g/mol. The maximum absolute atomic E-state index is 11.9. The molecule has 8 heteroatoms. The lowest BCUT2D eigenvalue weighted by molar-refractivity contribution is -0.142. The highest BCUT2D eigenvalue weighted by Gasteiger charge is 2.18. The van der Waals surface area contributed by atoms with Gasteiger partial charge in [0.2, 0.25) is 0 Å². The Kier molecular flexibility index (Phi) is 5.17. The number of amides is 1. The Morgan fingerprint density at radius 2 is 2.21 bits per heavy atom. The molecule has 1 atom stereocenters. The third-order valence-corrected chi connectivity index (χ3v) is 2.49. The molecule has 1 N–H and O–H groups in total. The van der Waals surface area contributed by atoms with E-state index in [9.17, 15) is 9.59 Å². The van der Waals surface area contributed by atoms with Gasteiger partial charge in [0.05, 0.1) is 12.8 Å². The number of carbonyl (C=O) groups excluding carboxylic acids is 2. The van der Waals surface area contributed by atoms with E-state index in [1.54, 1.807) is 0 Å². The van der Waals surface area contributed by atoms with Gasteiger partial charge in [-0.2, -0.15) is 0 Å². The predicted molar refractivity (Wildman–Crippen MR) is 69.2 cm³/mol. The van der Waals surface area contributed by atoms with Crippen molar-refractivity contribution in [2.45, 2.75) is 13.0 Å². The van der Waals surface area contributed by atoms with Crippen molar-refractivity contribution in [3.8, 4) is 0 Å². The lowest BCUT2D eigenvalue weighted by Crippen LogP contribution is -2.39. The fourth-order valence-electron chi connectivity index (χ4n) is 1.34. The lowest BCUT2D eigenvalue weighted by Gasteiger charge is -2.12. The Morgan fingerprint density at radius 1 is 1.53 bits per heavy atom. The van der Waals surface area contributed by atoms with Crippen LogP contribution in [0.25, 0.3) is 10.4 Å². The van der Waals surface area contributed by atoms with E-state index in [1.807, 2.05) is 0 Å². The van der Waals surface area contributed by atoms with Gasteiger partial charge in [-0.15, -0.1) is 0 Å². The van der Waals surface area contributed by atoms with Gasteiger partial charge in [0.15, 0.2) is 0 Å². The number of methoxy groups -OCH3 is 1. The van der Waals surface area contributed by atoms with E-state index >= 15 is 0 Å². The number of benzene rings is 1. The van der Waals surface area contributed by atoms with Crippen molar-refractivity contribution in [1.82, 2.24) is 5.32 Å². The molecule has 7 nitrogen and oxygen atoms in total. The molecule has 0 aliphatic rings. The number of carbonyl (C=O) groups is 2. The van der Waals surface area contributed by atoms with Crippen LogP contribution >= 0.6 is 11.6 Å². The molecule has 1 amide bonds. The summed E-state index contributed by atoms with van der Waals surface area (Å²) < 4.78 is 4.49. The number of halogens is 1. The number of nitrogens with zero attached hydrogens (tertiary/aromatic N) is 3. The summed E-state index contributed by atoms with van der Waals surface area (Å²) in [7, 11) is 1.22. The van der Waals surface area contributed by atoms with Gasteiger partial charge < -0.3 is 10.1 Å². The zero-order valence-corrected chi connectivity index (χ0v) is 11.0. The highest BCUT2D eigenvalue weighted by atomic mass is 35.5. The molecule has 0 fully saturated rings. The summed E-state index contributed by atoms with van der Waals surface area (Å²) in [5, 5.41) is 6.14. The second-order valence-corrected chi connectivity index (χ2v) is 4.01. The van der Waals surface area contributed by atoms with Crippen molar-refractivity contribution >= 4 is 29.2 Å². The van der Waals surface area contributed by atoms with Crippen LogP contribution in [0, 0.1) is 0 Å². The van der Waals surface area contributed by atoms with E-state index in [0.29, 0.717) is 5.02 Å². The third kappa shape index (κ3) is 3.87. The molecular weight excluding hydrogens is 272 g/mol. The van der Waals surface area contributed by atoms with Gasteiger partial charge >= 0.3 is 5.97 Å². The smallest absolute Gasteiger partial charge is 0.328 e. The Hall–Kier alpha value is -2.24. The molecule has 0 aliphatic carbocycles. The Balaban J connectivity index is 2.99. The minimum absolute atomic E-state index is 0.0876. The molecule has 0 aliphatic heterocycles. The van der Waals surface area contributed by atoms with Gasteiger partial charge in [-0.3, -0.25) is 4.79 Å². The van der Waals surface area contributed by atoms with E-state index in [-0.39, 0.29) is 11.3 Å². The molecule has 0 saturated heterocycles. The first-order chi connectivity index (χ1) is 8.99. The van der Waals surface area contributed by atoms with Crippen LogP contribution in [0.1, 0.15) is 17.3 Å². The number of nitrogens with one attached hydrogen (secondary N) is 1. The molecule has 19 heavy (non-hydrogen) atoms. The zero-order valence-electron chi connectivity index (χ0n) is 10.3. The fourth-order valence-corrected chi connectivity index (χ4v) is 1.50. The van der Waals surface area contributed by atoms with E-state index < -0.39 is 17.9 Å². The maximum atomic E-state index is 11.9. The fraction of sp³-hybridized carbons (Fsp3) is 0.273. The third-order valence-electron chi connectivity index (χ3n) is 2.26. The van der Waals surface area contributed by atoms with E-state index in [4.69, 9.17) is 17.1 Å². The van der Waals surface area contributed by atoms with E-state index in [0.717, 1.165) is 0 Å². The molecule has 1 aromatic rings. The highest BCUT2D eigenvalue weighted by Crippen LogP contribution is 2.24. The molecule has 0 spiro atoms. The van der Waals surface area contributed by atoms with Crippen LogP contribution in [0.5, 0.6) is 0 Å². The molecule has 0 saturated carbocycles. The number of rotatable bonds is 4. The Morgan fingerprint density at radius 3 is 2.79 bits per heavy atom. The largest absolute Gasteiger partial charge is 0.467 e. The summed E-state index contributed by atoms with van der Waals surface area (Å²) in [6.07, 6.45) is 0. The first kappa shape index (κ1) is 14.8. The number of hydrogen-bond acceptors (Lipinski definition) is 4. The molecule has 1 unspecified atom stereocenters. The average molecular weight is 283 g/mol. The van der Waals surface area contributed by atoms with Gasteiger partial charge in [0, 0.05) is 15.5 Å². The summed E-state index contributed by atoms with van der Waals surface area (Å²) >= 11 is 5.75. The molecule has 100 valence electrons. The first-order valence-electron chi connectivity index (χ1n) is 5.23. The second-order valence-electron chi connectivity index (χ2n) is 3.57. The van der Waals surface area contributed by atoms with Crippen molar-refractivity contribution in [2.24, 2.45) is 5.11 Å². The van der Waals surface area contributed by atoms with Crippen molar-refractivity contribution in [2.75, 3.05) is 7.11 Å². The van der Waals surface area contributed by atoms with Crippen LogP contribution in [-0.4, -0.2) is 25.0 Å². The van der Waals surface area contributed by atoms with Gasteiger partial charge in [-0.05, 0) is 30.7 Å². The number of azide groups is 1. The molecule has 0 bridgehead atoms. The normalized spacial score (nSPS) is 11.1. The summed E-state index contributed by atoms with van der Waals surface area (Å²) in [4.78, 5) is 25.8. The number of ether oxygens (including phenoxy) is 1. The highest BCUT2D eigenvalue weighted by molar-refractivity contribution is 6.31. The lowest BCUT2D eigenvalue weighted by atomic mass is 10.1. The second kappa shape index (κ2) is 6.63. The van der Waals surface area contributed by atoms with E-state index in [2.05, 4.69) is 20.1 Å². The summed E-state index contributed by atoms with van der Waals surface area (Å²) in [6, 6.07) is 3.44. The van der Waals surface area contributed by atoms with Gasteiger partial charge in [-0.1, -0.05) is 16.7 Å². The van der Waals surface area contributed by atoms with Crippen LogP contribution < -0.4 is 5.32 Å². The first-order valence-corrected chi connectivity index (χ1v) is 5.60. The Labute approximate surface area is 114 Å². The van der Waals surface area contributed by atoms with Crippen LogP contribution in [0.2, 0.25) is 5.02 Å². The van der Waals surface area contributed by atoms with Gasteiger partial charge in [0.1, 0.15) is 6.04 Å². The zero-order chi connectivity index (χ0) is 14.4. The summed E-state index contributed by atoms with van der Waals surface area (Å²) in [5.41, 5.74) is 8.65.